The number of anilines is 1. The zero-order valence-corrected chi connectivity index (χ0v) is 10.7. The van der Waals surface area contributed by atoms with Gasteiger partial charge in [-0.15, -0.1) is 0 Å². The van der Waals surface area contributed by atoms with Crippen molar-refractivity contribution in [3.05, 3.63) is 58.9 Å². The van der Waals surface area contributed by atoms with Gasteiger partial charge in [-0.25, -0.2) is 0 Å². The number of alkyl halides is 3. The first-order valence-corrected chi connectivity index (χ1v) is 5.84. The molecule has 20 heavy (non-hydrogen) atoms. The summed E-state index contributed by atoms with van der Waals surface area (Å²) in [7, 11) is 0. The van der Waals surface area contributed by atoms with Crippen LogP contribution in [0, 0.1) is 0 Å². The Kier molecular flexibility index (Phi) is 3.94. The third-order valence-corrected chi connectivity index (χ3v) is 2.77. The van der Waals surface area contributed by atoms with Crippen molar-refractivity contribution in [2.75, 3.05) is 5.32 Å². The van der Waals surface area contributed by atoms with E-state index in [-0.39, 0.29) is 16.3 Å². The highest BCUT2D eigenvalue weighted by molar-refractivity contribution is 6.34. The fourth-order valence-corrected chi connectivity index (χ4v) is 1.74. The molecule has 2 rings (SSSR count). The number of hydrogen-bond acceptors (Lipinski definition) is 2. The van der Waals surface area contributed by atoms with Gasteiger partial charge >= 0.3 is 6.18 Å². The molecule has 1 aromatic carbocycles. The minimum atomic E-state index is -4.46. The van der Waals surface area contributed by atoms with Crippen LogP contribution in [0.1, 0.15) is 15.9 Å². The lowest BCUT2D eigenvalue weighted by Crippen LogP contribution is -2.13. The highest BCUT2D eigenvalue weighted by Crippen LogP contribution is 2.30. The summed E-state index contributed by atoms with van der Waals surface area (Å²) in [4.78, 5) is 15.6. The first-order chi connectivity index (χ1) is 9.38. The van der Waals surface area contributed by atoms with E-state index in [1.165, 1.54) is 30.6 Å². The van der Waals surface area contributed by atoms with Gasteiger partial charge in [0, 0.05) is 18.1 Å². The summed E-state index contributed by atoms with van der Waals surface area (Å²) in [6.07, 6.45) is -1.81. The number of pyridine rings is 1. The molecule has 104 valence electrons. The number of nitrogens with one attached hydrogen (secondary N) is 1. The number of nitrogens with zero attached hydrogens (tertiary/aromatic N) is 1. The van der Waals surface area contributed by atoms with Gasteiger partial charge in [0.15, 0.2) is 0 Å². The molecule has 0 aliphatic carbocycles. The number of hydrogen-bond donors (Lipinski definition) is 1. The second-order valence-electron chi connectivity index (χ2n) is 3.89. The van der Waals surface area contributed by atoms with Crippen LogP contribution in [0.3, 0.4) is 0 Å². The first-order valence-electron chi connectivity index (χ1n) is 5.46. The Labute approximate surface area is 117 Å². The van der Waals surface area contributed by atoms with Crippen molar-refractivity contribution in [2.45, 2.75) is 6.18 Å². The van der Waals surface area contributed by atoms with E-state index < -0.39 is 17.6 Å². The van der Waals surface area contributed by atoms with Crippen LogP contribution in [-0.2, 0) is 6.18 Å². The van der Waals surface area contributed by atoms with Gasteiger partial charge in [-0.05, 0) is 24.3 Å². The number of aromatic nitrogens is 1. The minimum Gasteiger partial charge on any atom is -0.322 e. The van der Waals surface area contributed by atoms with E-state index in [0.717, 1.165) is 12.1 Å². The molecule has 1 N–H and O–H groups in total. The molecule has 0 aliphatic rings. The second-order valence-corrected chi connectivity index (χ2v) is 4.30. The van der Waals surface area contributed by atoms with Crippen molar-refractivity contribution in [2.24, 2.45) is 0 Å². The molecule has 0 saturated carbocycles. The average Bonchev–Trinajstić information content (AvgIpc) is 2.38. The van der Waals surface area contributed by atoms with Crippen molar-refractivity contribution in [3.63, 3.8) is 0 Å². The summed E-state index contributed by atoms with van der Waals surface area (Å²) < 4.78 is 37.7. The fourth-order valence-electron chi connectivity index (χ4n) is 1.53. The number of halogens is 4. The molecule has 0 atom stereocenters. The predicted molar refractivity (Wildman–Crippen MR) is 68.6 cm³/mol. The lowest BCUT2D eigenvalue weighted by Gasteiger charge is -2.10. The van der Waals surface area contributed by atoms with Crippen LogP contribution in [0.2, 0.25) is 5.02 Å². The van der Waals surface area contributed by atoms with E-state index in [4.69, 9.17) is 11.6 Å². The van der Waals surface area contributed by atoms with Gasteiger partial charge in [-0.3, -0.25) is 9.78 Å². The second kappa shape index (κ2) is 5.50. The summed E-state index contributed by atoms with van der Waals surface area (Å²) in [6.45, 7) is 0. The molecule has 1 aromatic heterocycles. The Morgan fingerprint density at radius 1 is 1.25 bits per heavy atom. The number of carbonyl (C=O) groups excluding carboxylic acids is 1. The molecule has 0 fully saturated rings. The molecular formula is C13H8ClF3N2O. The van der Waals surface area contributed by atoms with E-state index in [0.29, 0.717) is 0 Å². The lowest BCUT2D eigenvalue weighted by molar-refractivity contribution is -0.137. The molecule has 1 amide bonds. The maximum atomic E-state index is 12.6. The van der Waals surface area contributed by atoms with Crippen molar-refractivity contribution in [1.29, 1.82) is 0 Å². The Balaban J connectivity index is 2.23. The van der Waals surface area contributed by atoms with Crippen LogP contribution in [0.15, 0.2) is 42.7 Å². The van der Waals surface area contributed by atoms with Crippen LogP contribution >= 0.6 is 11.6 Å². The largest absolute Gasteiger partial charge is 0.416 e. The summed E-state index contributed by atoms with van der Waals surface area (Å²) in [6, 6.07) is 5.74. The molecule has 0 bridgehead atoms. The fraction of sp³-hybridized carbons (Fsp3) is 0.0769. The number of carbonyl (C=O) groups is 1. The third-order valence-electron chi connectivity index (χ3n) is 2.46. The zero-order chi connectivity index (χ0) is 14.8. The summed E-state index contributed by atoms with van der Waals surface area (Å²) >= 11 is 5.79. The van der Waals surface area contributed by atoms with Crippen LogP contribution in [0.4, 0.5) is 18.9 Å². The Hall–Kier alpha value is -2.08. The first kappa shape index (κ1) is 14.3. The van der Waals surface area contributed by atoms with Gasteiger partial charge < -0.3 is 5.32 Å². The summed E-state index contributed by atoms with van der Waals surface area (Å²) in [5.74, 6) is -0.600. The van der Waals surface area contributed by atoms with Gasteiger partial charge in [0.05, 0.1) is 16.1 Å². The monoisotopic (exact) mass is 300 g/mol. The van der Waals surface area contributed by atoms with Crippen molar-refractivity contribution in [3.8, 4) is 0 Å². The summed E-state index contributed by atoms with van der Waals surface area (Å²) in [5, 5.41) is 2.48. The minimum absolute atomic E-state index is 0.0395. The average molecular weight is 301 g/mol. The number of benzene rings is 1. The SMILES string of the molecule is O=C(Nc1cccc(C(F)(F)F)c1)c1ccncc1Cl. The molecule has 1 heterocycles. The van der Waals surface area contributed by atoms with E-state index in [1.54, 1.807) is 0 Å². The quantitative estimate of drug-likeness (QED) is 0.910. The van der Waals surface area contributed by atoms with Crippen molar-refractivity contribution in [1.82, 2.24) is 4.98 Å². The van der Waals surface area contributed by atoms with Crippen LogP contribution in [-0.4, -0.2) is 10.9 Å². The van der Waals surface area contributed by atoms with E-state index in [2.05, 4.69) is 10.3 Å². The van der Waals surface area contributed by atoms with Gasteiger partial charge in [0.2, 0.25) is 0 Å². The highest BCUT2D eigenvalue weighted by atomic mass is 35.5. The molecule has 0 aliphatic heterocycles. The number of rotatable bonds is 2. The lowest BCUT2D eigenvalue weighted by atomic mass is 10.2. The normalized spacial score (nSPS) is 11.2. The Morgan fingerprint density at radius 3 is 2.65 bits per heavy atom. The van der Waals surface area contributed by atoms with Crippen molar-refractivity contribution < 1.29 is 18.0 Å². The van der Waals surface area contributed by atoms with Gasteiger partial charge in [0.25, 0.3) is 5.91 Å². The predicted octanol–water partition coefficient (Wildman–Crippen LogP) is 4.01. The Morgan fingerprint density at radius 2 is 2.00 bits per heavy atom. The third kappa shape index (κ3) is 3.27. The molecule has 0 unspecified atom stereocenters. The van der Waals surface area contributed by atoms with Gasteiger partial charge in [-0.2, -0.15) is 13.2 Å². The molecule has 2 aromatic rings. The van der Waals surface area contributed by atoms with Gasteiger partial charge in [-0.1, -0.05) is 17.7 Å². The van der Waals surface area contributed by atoms with Crippen molar-refractivity contribution >= 4 is 23.2 Å². The maximum absolute atomic E-state index is 12.6. The van der Waals surface area contributed by atoms with E-state index in [1.807, 2.05) is 0 Å². The van der Waals surface area contributed by atoms with Crippen LogP contribution < -0.4 is 5.32 Å². The van der Waals surface area contributed by atoms with E-state index in [9.17, 15) is 18.0 Å². The molecule has 0 radical (unpaired) electrons. The highest BCUT2D eigenvalue weighted by Gasteiger charge is 2.30. The molecule has 3 nitrogen and oxygen atoms in total. The molecular weight excluding hydrogens is 293 g/mol. The maximum Gasteiger partial charge on any atom is 0.416 e. The summed E-state index contributed by atoms with van der Waals surface area (Å²) in [5.41, 5.74) is -0.659. The molecule has 7 heteroatoms. The zero-order valence-electron chi connectivity index (χ0n) is 9.91. The van der Waals surface area contributed by atoms with E-state index >= 15 is 0 Å². The number of amides is 1. The topological polar surface area (TPSA) is 42.0 Å². The Bertz CT molecular complexity index is 644. The molecule has 0 saturated heterocycles. The standard InChI is InChI=1S/C13H8ClF3N2O/c14-11-7-18-5-4-10(11)12(20)19-9-3-1-2-8(6-9)13(15,16)17/h1-7H,(H,19,20). The van der Waals surface area contributed by atoms with Crippen LogP contribution in [0.5, 0.6) is 0 Å². The van der Waals surface area contributed by atoms with Crippen LogP contribution in [0.25, 0.3) is 0 Å². The smallest absolute Gasteiger partial charge is 0.322 e. The molecule has 0 spiro atoms. The van der Waals surface area contributed by atoms with Gasteiger partial charge in [0.1, 0.15) is 0 Å².